The van der Waals surface area contributed by atoms with Crippen molar-refractivity contribution in [2.45, 2.75) is 65.8 Å². The number of hydrogen-bond donors (Lipinski definition) is 1. The number of hydrogen-bond acceptors (Lipinski definition) is 1. The molecule has 1 N–H and O–H groups in total. The van der Waals surface area contributed by atoms with Crippen LogP contribution in [-0.2, 0) is 0 Å². The molecule has 0 bridgehead atoms. The second kappa shape index (κ2) is 6.39. The zero-order valence-electron chi connectivity index (χ0n) is 13.3. The molecule has 1 aromatic carbocycles. The van der Waals surface area contributed by atoms with Gasteiger partial charge in [-0.2, -0.15) is 0 Å². The highest BCUT2D eigenvalue weighted by Crippen LogP contribution is 2.37. The molecule has 1 saturated carbocycles. The number of nitrogens with one attached hydrogen (secondary N) is 1. The predicted octanol–water partition coefficient (Wildman–Crippen LogP) is 6.06. The lowest BCUT2D eigenvalue weighted by Gasteiger charge is -2.29. The molecule has 0 heterocycles. The lowest BCUT2D eigenvalue weighted by Crippen LogP contribution is -2.21. The van der Waals surface area contributed by atoms with Crippen molar-refractivity contribution in [3.8, 4) is 0 Å². The summed E-state index contributed by atoms with van der Waals surface area (Å²) in [5.74, 6) is 0.849. The molecular weight excluding hydrogens is 266 g/mol. The molecule has 2 heteroatoms. The van der Waals surface area contributed by atoms with E-state index in [-0.39, 0.29) is 0 Å². The van der Waals surface area contributed by atoms with E-state index in [9.17, 15) is 0 Å². The summed E-state index contributed by atoms with van der Waals surface area (Å²) in [6, 6.07) is 6.79. The molecule has 2 unspecified atom stereocenters. The van der Waals surface area contributed by atoms with Crippen molar-refractivity contribution in [1.82, 2.24) is 0 Å². The van der Waals surface area contributed by atoms with E-state index >= 15 is 0 Å². The minimum atomic E-state index is 0.440. The third kappa shape index (κ3) is 4.15. The minimum absolute atomic E-state index is 0.440. The fourth-order valence-electron chi connectivity index (χ4n) is 3.28. The van der Waals surface area contributed by atoms with Gasteiger partial charge in [0.1, 0.15) is 0 Å². The van der Waals surface area contributed by atoms with Crippen molar-refractivity contribution in [2.24, 2.45) is 11.3 Å². The Kier molecular flexibility index (Phi) is 5.01. The summed E-state index contributed by atoms with van der Waals surface area (Å²) in [4.78, 5) is 0. The monoisotopic (exact) mass is 293 g/mol. The molecule has 1 aliphatic carbocycles. The Morgan fingerprint density at radius 2 is 1.85 bits per heavy atom. The number of rotatable bonds is 2. The van der Waals surface area contributed by atoms with Crippen LogP contribution in [0.2, 0.25) is 5.02 Å². The Morgan fingerprint density at radius 3 is 2.55 bits per heavy atom. The van der Waals surface area contributed by atoms with Crippen molar-refractivity contribution >= 4 is 17.3 Å². The smallest absolute Gasteiger partial charge is 0.0637 e. The van der Waals surface area contributed by atoms with Gasteiger partial charge in [-0.1, -0.05) is 44.9 Å². The first-order chi connectivity index (χ1) is 9.36. The first-order valence-electron chi connectivity index (χ1n) is 7.89. The molecule has 0 aromatic heterocycles. The molecule has 1 aliphatic rings. The van der Waals surface area contributed by atoms with Crippen LogP contribution in [0.1, 0.15) is 58.4 Å². The van der Waals surface area contributed by atoms with Crippen molar-refractivity contribution in [3.63, 3.8) is 0 Å². The largest absolute Gasteiger partial charge is 0.381 e. The molecule has 1 aromatic rings. The Hall–Kier alpha value is -0.690. The van der Waals surface area contributed by atoms with E-state index in [4.69, 9.17) is 11.6 Å². The lowest BCUT2D eigenvalue weighted by molar-refractivity contribution is 0.214. The molecule has 2 atom stereocenters. The molecule has 112 valence electrons. The van der Waals surface area contributed by atoms with Crippen molar-refractivity contribution in [3.05, 3.63) is 28.8 Å². The van der Waals surface area contributed by atoms with Crippen LogP contribution in [0, 0.1) is 18.3 Å². The van der Waals surface area contributed by atoms with Gasteiger partial charge < -0.3 is 5.32 Å². The van der Waals surface area contributed by atoms with Gasteiger partial charge in [-0.05, 0) is 61.6 Å². The van der Waals surface area contributed by atoms with Crippen LogP contribution in [0.5, 0.6) is 0 Å². The quantitative estimate of drug-likeness (QED) is 0.654. The number of anilines is 1. The lowest BCUT2D eigenvalue weighted by atomic mass is 9.76. The van der Waals surface area contributed by atoms with Crippen LogP contribution >= 0.6 is 11.6 Å². The van der Waals surface area contributed by atoms with Crippen molar-refractivity contribution in [2.75, 3.05) is 5.32 Å². The summed E-state index contributed by atoms with van der Waals surface area (Å²) in [6.45, 7) is 9.25. The summed E-state index contributed by atoms with van der Waals surface area (Å²) in [7, 11) is 0. The molecule has 2 rings (SSSR count). The van der Waals surface area contributed by atoms with Gasteiger partial charge in [-0.15, -0.1) is 0 Å². The van der Waals surface area contributed by atoms with E-state index in [1.54, 1.807) is 0 Å². The van der Waals surface area contributed by atoms with Gasteiger partial charge in [-0.3, -0.25) is 0 Å². The topological polar surface area (TPSA) is 12.0 Å². The zero-order valence-corrected chi connectivity index (χ0v) is 14.1. The second-order valence-electron chi connectivity index (χ2n) is 7.40. The number of aryl methyl sites for hydroxylation is 1. The summed E-state index contributed by atoms with van der Waals surface area (Å²) in [5.41, 5.74) is 2.81. The first-order valence-corrected chi connectivity index (χ1v) is 8.27. The highest BCUT2D eigenvalue weighted by Gasteiger charge is 2.27. The number of benzene rings is 1. The Morgan fingerprint density at radius 1 is 1.10 bits per heavy atom. The van der Waals surface area contributed by atoms with Gasteiger partial charge >= 0.3 is 0 Å². The highest BCUT2D eigenvalue weighted by atomic mass is 35.5. The second-order valence-corrected chi connectivity index (χ2v) is 7.80. The maximum Gasteiger partial charge on any atom is 0.0637 e. The fourth-order valence-corrected chi connectivity index (χ4v) is 3.45. The maximum atomic E-state index is 6.30. The van der Waals surface area contributed by atoms with Crippen LogP contribution in [0.3, 0.4) is 0 Å². The Bertz CT molecular complexity index is 447. The van der Waals surface area contributed by atoms with Crippen LogP contribution in [0.25, 0.3) is 0 Å². The van der Waals surface area contributed by atoms with Gasteiger partial charge in [0.2, 0.25) is 0 Å². The summed E-state index contributed by atoms with van der Waals surface area (Å²) < 4.78 is 0. The van der Waals surface area contributed by atoms with E-state index in [1.165, 1.54) is 37.7 Å². The van der Waals surface area contributed by atoms with E-state index in [1.807, 2.05) is 6.07 Å². The van der Waals surface area contributed by atoms with Gasteiger partial charge in [0.25, 0.3) is 0 Å². The molecule has 20 heavy (non-hydrogen) atoms. The Balaban J connectivity index is 1.99. The van der Waals surface area contributed by atoms with Gasteiger partial charge in [0.05, 0.1) is 10.7 Å². The van der Waals surface area contributed by atoms with Crippen LogP contribution in [0.4, 0.5) is 5.69 Å². The third-order valence-electron chi connectivity index (χ3n) is 4.67. The summed E-state index contributed by atoms with van der Waals surface area (Å²) >= 11 is 6.30. The van der Waals surface area contributed by atoms with Gasteiger partial charge in [-0.25, -0.2) is 0 Å². The standard InChI is InChI=1S/C18H28ClN/c1-13-8-11-16(19)17(12-13)20-15-7-5-6-14(9-10-15)18(2,3)4/h8,11-12,14-15,20H,5-7,9-10H2,1-4H3. The molecule has 0 saturated heterocycles. The average molecular weight is 294 g/mol. The molecular formula is C18H28ClN. The van der Waals surface area contributed by atoms with Crippen LogP contribution in [-0.4, -0.2) is 6.04 Å². The van der Waals surface area contributed by atoms with E-state index in [0.717, 1.165) is 16.6 Å². The Labute approximate surface area is 129 Å². The van der Waals surface area contributed by atoms with E-state index in [2.05, 4.69) is 45.1 Å². The van der Waals surface area contributed by atoms with Gasteiger partial charge in [0, 0.05) is 6.04 Å². The predicted molar refractivity (Wildman–Crippen MR) is 89.6 cm³/mol. The summed E-state index contributed by atoms with van der Waals surface area (Å²) in [6.07, 6.45) is 6.53. The molecule has 0 spiro atoms. The van der Waals surface area contributed by atoms with Crippen LogP contribution in [0.15, 0.2) is 18.2 Å². The third-order valence-corrected chi connectivity index (χ3v) is 5.00. The molecule has 0 aliphatic heterocycles. The minimum Gasteiger partial charge on any atom is -0.381 e. The molecule has 0 amide bonds. The van der Waals surface area contributed by atoms with E-state index < -0.39 is 0 Å². The molecule has 0 radical (unpaired) electrons. The molecule has 1 fully saturated rings. The molecule has 1 nitrogen and oxygen atoms in total. The first kappa shape index (κ1) is 15.7. The van der Waals surface area contributed by atoms with Crippen molar-refractivity contribution in [1.29, 1.82) is 0 Å². The van der Waals surface area contributed by atoms with Crippen molar-refractivity contribution < 1.29 is 0 Å². The van der Waals surface area contributed by atoms with Gasteiger partial charge in [0.15, 0.2) is 0 Å². The highest BCUT2D eigenvalue weighted by molar-refractivity contribution is 6.33. The fraction of sp³-hybridized carbons (Fsp3) is 0.667. The normalized spacial score (nSPS) is 24.2. The van der Waals surface area contributed by atoms with Crippen LogP contribution < -0.4 is 5.32 Å². The average Bonchev–Trinajstić information content (AvgIpc) is 2.59. The summed E-state index contributed by atoms with van der Waals surface area (Å²) in [5, 5.41) is 4.51. The zero-order chi connectivity index (χ0) is 14.8. The number of halogens is 1. The maximum absolute atomic E-state index is 6.30. The SMILES string of the molecule is Cc1ccc(Cl)c(NC2CCCC(C(C)(C)C)CC2)c1. The van der Waals surface area contributed by atoms with E-state index in [0.29, 0.717) is 11.5 Å².